The molecule has 0 bridgehead atoms. The molecule has 4 rings (SSSR count). The Morgan fingerprint density at radius 3 is 3.08 bits per heavy atom. The van der Waals surface area contributed by atoms with Crippen LogP contribution in [0.4, 0.5) is 5.82 Å². The molecule has 1 N–H and O–H groups in total. The molecular formula is C20H22N4O2. The summed E-state index contributed by atoms with van der Waals surface area (Å²) < 4.78 is 12.8. The van der Waals surface area contributed by atoms with E-state index in [1.807, 2.05) is 30.6 Å². The number of allylic oxidation sites excluding steroid dienone is 1. The maximum atomic E-state index is 5.43. The van der Waals surface area contributed by atoms with Crippen LogP contribution in [0.2, 0.25) is 0 Å². The number of nitrogens with zero attached hydrogens (tertiary/aromatic N) is 3. The van der Waals surface area contributed by atoms with Gasteiger partial charge in [-0.05, 0) is 30.2 Å². The van der Waals surface area contributed by atoms with Gasteiger partial charge >= 0.3 is 0 Å². The van der Waals surface area contributed by atoms with E-state index >= 15 is 0 Å². The fourth-order valence-corrected chi connectivity index (χ4v) is 2.95. The molecule has 0 atom stereocenters. The van der Waals surface area contributed by atoms with Crippen molar-refractivity contribution in [3.8, 4) is 11.5 Å². The Hall–Kier alpha value is -3.02. The van der Waals surface area contributed by atoms with Crippen molar-refractivity contribution in [2.24, 2.45) is 0 Å². The lowest BCUT2D eigenvalue weighted by Gasteiger charge is -2.08. The predicted molar refractivity (Wildman–Crippen MR) is 101 cm³/mol. The maximum absolute atomic E-state index is 5.43. The number of rotatable bonds is 7. The van der Waals surface area contributed by atoms with E-state index in [0.717, 1.165) is 40.6 Å². The van der Waals surface area contributed by atoms with Crippen molar-refractivity contribution in [2.45, 2.75) is 32.7 Å². The summed E-state index contributed by atoms with van der Waals surface area (Å²) in [4.78, 5) is 8.97. The standard InChI is InChI=1S/C20H22N4O2/c1-2-3-4-5-6-16-13-23-20-19(21-9-10-24(16)20)22-12-15-7-8-17-18(11-15)26-14-25-17/h5-11,13H,2-4,12,14H2,1H3,(H,21,22)/b6-5-. The first-order valence-electron chi connectivity index (χ1n) is 8.96. The third kappa shape index (κ3) is 3.35. The van der Waals surface area contributed by atoms with Gasteiger partial charge in [-0.25, -0.2) is 9.97 Å². The normalized spacial score (nSPS) is 13.0. The van der Waals surface area contributed by atoms with Gasteiger partial charge in [0.05, 0.1) is 11.9 Å². The van der Waals surface area contributed by atoms with Crippen molar-refractivity contribution in [1.29, 1.82) is 0 Å². The molecule has 0 aliphatic carbocycles. The fraction of sp³-hybridized carbons (Fsp3) is 0.300. The number of unbranched alkanes of at least 4 members (excludes halogenated alkanes) is 2. The molecule has 26 heavy (non-hydrogen) atoms. The number of imidazole rings is 1. The number of aromatic nitrogens is 3. The molecule has 0 saturated heterocycles. The van der Waals surface area contributed by atoms with Crippen LogP contribution in [0.15, 0.2) is 42.9 Å². The summed E-state index contributed by atoms with van der Waals surface area (Å²) in [6.45, 7) is 3.12. The van der Waals surface area contributed by atoms with Gasteiger partial charge in [0.1, 0.15) is 0 Å². The van der Waals surface area contributed by atoms with Crippen LogP contribution in [0.5, 0.6) is 11.5 Å². The van der Waals surface area contributed by atoms with E-state index in [2.05, 4.69) is 38.8 Å². The molecule has 1 aliphatic heterocycles. The first-order chi connectivity index (χ1) is 12.8. The third-order valence-corrected chi connectivity index (χ3v) is 4.37. The molecule has 134 valence electrons. The second kappa shape index (κ2) is 7.47. The number of fused-ring (bicyclic) bond motifs is 2. The summed E-state index contributed by atoms with van der Waals surface area (Å²) in [6.07, 6.45) is 13.4. The minimum Gasteiger partial charge on any atom is -0.454 e. The van der Waals surface area contributed by atoms with E-state index in [1.54, 1.807) is 6.20 Å². The molecule has 2 aromatic heterocycles. The number of ether oxygens (including phenoxy) is 2. The van der Waals surface area contributed by atoms with Gasteiger partial charge in [0, 0.05) is 18.9 Å². The van der Waals surface area contributed by atoms with E-state index in [4.69, 9.17) is 9.47 Å². The van der Waals surface area contributed by atoms with Crippen molar-refractivity contribution in [3.05, 3.63) is 54.1 Å². The van der Waals surface area contributed by atoms with E-state index in [-0.39, 0.29) is 6.79 Å². The van der Waals surface area contributed by atoms with Gasteiger partial charge in [-0.3, -0.25) is 4.40 Å². The van der Waals surface area contributed by atoms with Gasteiger partial charge in [0.25, 0.3) is 0 Å². The largest absolute Gasteiger partial charge is 0.454 e. The zero-order valence-electron chi connectivity index (χ0n) is 14.8. The van der Waals surface area contributed by atoms with Gasteiger partial charge in [0.2, 0.25) is 6.79 Å². The van der Waals surface area contributed by atoms with Gasteiger partial charge in [-0.15, -0.1) is 0 Å². The van der Waals surface area contributed by atoms with E-state index < -0.39 is 0 Å². The summed E-state index contributed by atoms with van der Waals surface area (Å²) >= 11 is 0. The second-order valence-electron chi connectivity index (χ2n) is 6.24. The Bertz CT molecular complexity index is 933. The quantitative estimate of drug-likeness (QED) is 0.645. The Balaban J connectivity index is 1.50. The summed E-state index contributed by atoms with van der Waals surface area (Å²) in [7, 11) is 0. The van der Waals surface area contributed by atoms with E-state index in [1.165, 1.54) is 12.8 Å². The highest BCUT2D eigenvalue weighted by molar-refractivity contribution is 5.66. The van der Waals surface area contributed by atoms with Gasteiger partial charge < -0.3 is 14.8 Å². The zero-order valence-corrected chi connectivity index (χ0v) is 14.8. The number of nitrogens with one attached hydrogen (secondary N) is 1. The minimum absolute atomic E-state index is 0.287. The van der Waals surface area contributed by atoms with Gasteiger partial charge in [-0.1, -0.05) is 31.9 Å². The average Bonchev–Trinajstić information content (AvgIpc) is 3.30. The van der Waals surface area contributed by atoms with Gasteiger partial charge in [0.15, 0.2) is 23.0 Å². The number of anilines is 1. The molecule has 6 heteroatoms. The van der Waals surface area contributed by atoms with Crippen molar-refractivity contribution in [2.75, 3.05) is 12.1 Å². The lowest BCUT2D eigenvalue weighted by molar-refractivity contribution is 0.174. The maximum Gasteiger partial charge on any atom is 0.231 e. The molecule has 0 unspecified atom stereocenters. The Morgan fingerprint density at radius 1 is 1.23 bits per heavy atom. The Morgan fingerprint density at radius 2 is 2.15 bits per heavy atom. The molecule has 3 aromatic rings. The van der Waals surface area contributed by atoms with Crippen LogP contribution in [0.3, 0.4) is 0 Å². The smallest absolute Gasteiger partial charge is 0.231 e. The third-order valence-electron chi connectivity index (χ3n) is 4.37. The first-order valence-corrected chi connectivity index (χ1v) is 8.96. The summed E-state index contributed by atoms with van der Waals surface area (Å²) in [5.74, 6) is 2.34. The van der Waals surface area contributed by atoms with Crippen LogP contribution in [-0.2, 0) is 6.54 Å². The molecule has 1 aliphatic rings. The van der Waals surface area contributed by atoms with E-state index in [9.17, 15) is 0 Å². The minimum atomic E-state index is 0.287. The van der Waals surface area contributed by atoms with Crippen LogP contribution in [-0.4, -0.2) is 21.2 Å². The molecule has 1 aromatic carbocycles. The van der Waals surface area contributed by atoms with Crippen LogP contribution in [0.1, 0.15) is 37.4 Å². The highest BCUT2D eigenvalue weighted by atomic mass is 16.7. The molecule has 0 saturated carbocycles. The number of benzene rings is 1. The Kier molecular flexibility index (Phi) is 4.73. The average molecular weight is 350 g/mol. The number of hydrogen-bond acceptors (Lipinski definition) is 5. The van der Waals surface area contributed by atoms with Crippen LogP contribution >= 0.6 is 0 Å². The van der Waals surface area contributed by atoms with Crippen LogP contribution < -0.4 is 14.8 Å². The lowest BCUT2D eigenvalue weighted by atomic mass is 10.2. The fourth-order valence-electron chi connectivity index (χ4n) is 2.95. The molecule has 0 fully saturated rings. The molecule has 6 nitrogen and oxygen atoms in total. The zero-order chi connectivity index (χ0) is 17.8. The summed E-state index contributed by atoms with van der Waals surface area (Å²) in [5, 5.41) is 3.37. The van der Waals surface area contributed by atoms with Crippen LogP contribution in [0, 0.1) is 0 Å². The molecular weight excluding hydrogens is 328 g/mol. The summed E-state index contributed by atoms with van der Waals surface area (Å²) in [6, 6.07) is 5.94. The van der Waals surface area contributed by atoms with Gasteiger partial charge in [-0.2, -0.15) is 0 Å². The molecule has 0 amide bonds. The second-order valence-corrected chi connectivity index (χ2v) is 6.24. The van der Waals surface area contributed by atoms with Crippen molar-refractivity contribution >= 4 is 17.5 Å². The van der Waals surface area contributed by atoms with E-state index in [0.29, 0.717) is 6.54 Å². The first kappa shape index (κ1) is 16.4. The Labute approximate surface area is 152 Å². The highest BCUT2D eigenvalue weighted by Gasteiger charge is 2.13. The summed E-state index contributed by atoms with van der Waals surface area (Å²) in [5.41, 5.74) is 2.98. The SMILES string of the molecule is CCCC/C=C\c1cnc2c(NCc3ccc4c(c3)OCO4)nccn12. The van der Waals surface area contributed by atoms with Crippen LogP contribution in [0.25, 0.3) is 11.7 Å². The molecule has 3 heterocycles. The highest BCUT2D eigenvalue weighted by Crippen LogP contribution is 2.32. The monoisotopic (exact) mass is 350 g/mol. The van der Waals surface area contributed by atoms with Crippen molar-refractivity contribution in [1.82, 2.24) is 14.4 Å². The lowest BCUT2D eigenvalue weighted by Crippen LogP contribution is -2.04. The molecule has 0 radical (unpaired) electrons. The number of hydrogen-bond donors (Lipinski definition) is 1. The van der Waals surface area contributed by atoms with Crippen molar-refractivity contribution < 1.29 is 9.47 Å². The molecule has 0 spiro atoms. The predicted octanol–water partition coefficient (Wildman–Crippen LogP) is 4.27. The van der Waals surface area contributed by atoms with Crippen molar-refractivity contribution in [3.63, 3.8) is 0 Å². The topological polar surface area (TPSA) is 60.7 Å².